The molecule has 1 aliphatic rings. The Balaban J connectivity index is 2.06. The second kappa shape index (κ2) is 5.25. The van der Waals surface area contributed by atoms with Gasteiger partial charge in [-0.05, 0) is 36.5 Å². The number of carboxylic acids is 1. The summed E-state index contributed by atoms with van der Waals surface area (Å²) in [6.07, 6.45) is 1.35. The van der Waals surface area contributed by atoms with Gasteiger partial charge in [0.1, 0.15) is 0 Å². The van der Waals surface area contributed by atoms with E-state index in [-0.39, 0.29) is 11.8 Å². The van der Waals surface area contributed by atoms with Crippen molar-refractivity contribution in [3.8, 4) is 0 Å². The Morgan fingerprint density at radius 2 is 1.80 bits per heavy atom. The van der Waals surface area contributed by atoms with Crippen LogP contribution in [0.1, 0.15) is 32.3 Å². The molecule has 1 saturated carbocycles. The van der Waals surface area contributed by atoms with E-state index in [9.17, 15) is 14.7 Å². The van der Waals surface area contributed by atoms with Crippen molar-refractivity contribution in [2.75, 3.05) is 5.32 Å². The predicted molar refractivity (Wildman–Crippen MR) is 76.4 cm³/mol. The van der Waals surface area contributed by atoms with E-state index in [2.05, 4.69) is 5.32 Å². The Morgan fingerprint density at radius 3 is 2.20 bits per heavy atom. The van der Waals surface area contributed by atoms with E-state index in [4.69, 9.17) is 5.73 Å². The van der Waals surface area contributed by atoms with Gasteiger partial charge in [-0.3, -0.25) is 9.59 Å². The first kappa shape index (κ1) is 14.5. The standard InChI is InChI=1S/C15H20N2O3/c1-9(2)12(16)13(18)17-11-5-3-10(4-6-11)15(7-8-15)14(19)20/h3-6,9,12H,7-8,16H2,1-2H3,(H,17,18)(H,19,20)/t12-/m0/s1. The second-order valence-corrected chi connectivity index (χ2v) is 5.72. The van der Waals surface area contributed by atoms with E-state index in [0.717, 1.165) is 5.56 Å². The van der Waals surface area contributed by atoms with Crippen LogP contribution in [-0.2, 0) is 15.0 Å². The summed E-state index contributed by atoms with van der Waals surface area (Å²) in [4.78, 5) is 23.1. The number of amides is 1. The van der Waals surface area contributed by atoms with Crippen molar-refractivity contribution in [2.24, 2.45) is 11.7 Å². The number of nitrogens with two attached hydrogens (primary N) is 1. The van der Waals surface area contributed by atoms with Crippen molar-refractivity contribution in [1.82, 2.24) is 0 Å². The smallest absolute Gasteiger partial charge is 0.314 e. The number of nitrogens with one attached hydrogen (secondary N) is 1. The average Bonchev–Trinajstić information content (AvgIpc) is 3.20. The molecule has 0 radical (unpaired) electrons. The molecule has 0 saturated heterocycles. The zero-order valence-corrected chi connectivity index (χ0v) is 11.7. The third kappa shape index (κ3) is 2.67. The van der Waals surface area contributed by atoms with Crippen LogP contribution in [0.15, 0.2) is 24.3 Å². The SMILES string of the molecule is CC(C)[C@H](N)C(=O)Nc1ccc(C2(C(=O)O)CC2)cc1. The van der Waals surface area contributed by atoms with Gasteiger partial charge >= 0.3 is 5.97 Å². The van der Waals surface area contributed by atoms with Gasteiger partial charge in [0.15, 0.2) is 0 Å². The van der Waals surface area contributed by atoms with Crippen LogP contribution < -0.4 is 11.1 Å². The van der Waals surface area contributed by atoms with Crippen LogP contribution in [0.4, 0.5) is 5.69 Å². The number of aliphatic carboxylic acids is 1. The molecule has 0 aliphatic heterocycles. The monoisotopic (exact) mass is 276 g/mol. The fraction of sp³-hybridized carbons (Fsp3) is 0.467. The van der Waals surface area contributed by atoms with Crippen LogP contribution in [0.25, 0.3) is 0 Å². The molecule has 2 rings (SSSR count). The van der Waals surface area contributed by atoms with E-state index in [1.54, 1.807) is 24.3 Å². The molecule has 1 atom stereocenters. The first-order chi connectivity index (χ1) is 9.36. The minimum atomic E-state index is -0.781. The Hall–Kier alpha value is -1.88. The third-order valence-corrected chi connectivity index (χ3v) is 3.89. The summed E-state index contributed by atoms with van der Waals surface area (Å²) in [5.41, 5.74) is 6.48. The summed E-state index contributed by atoms with van der Waals surface area (Å²) in [7, 11) is 0. The lowest BCUT2D eigenvalue weighted by atomic mass is 9.96. The van der Waals surface area contributed by atoms with E-state index < -0.39 is 17.4 Å². The molecular formula is C15H20N2O3. The van der Waals surface area contributed by atoms with E-state index in [1.807, 2.05) is 13.8 Å². The molecule has 0 aromatic heterocycles. The molecular weight excluding hydrogens is 256 g/mol. The number of rotatable bonds is 5. The molecule has 1 fully saturated rings. The fourth-order valence-corrected chi connectivity index (χ4v) is 2.15. The number of carboxylic acid groups (broad SMARTS) is 1. The van der Waals surface area contributed by atoms with Gasteiger partial charge < -0.3 is 16.2 Å². The number of benzene rings is 1. The summed E-state index contributed by atoms with van der Waals surface area (Å²) >= 11 is 0. The highest BCUT2D eigenvalue weighted by atomic mass is 16.4. The van der Waals surface area contributed by atoms with Gasteiger partial charge in [0.05, 0.1) is 11.5 Å². The number of hydrogen-bond donors (Lipinski definition) is 3. The molecule has 1 aromatic rings. The van der Waals surface area contributed by atoms with Crippen LogP contribution in [-0.4, -0.2) is 23.0 Å². The zero-order valence-electron chi connectivity index (χ0n) is 11.7. The number of carbonyl (C=O) groups excluding carboxylic acids is 1. The van der Waals surface area contributed by atoms with E-state index in [0.29, 0.717) is 18.5 Å². The first-order valence-corrected chi connectivity index (χ1v) is 6.77. The average molecular weight is 276 g/mol. The van der Waals surface area contributed by atoms with Crippen molar-refractivity contribution >= 4 is 17.6 Å². The second-order valence-electron chi connectivity index (χ2n) is 5.72. The molecule has 4 N–H and O–H groups in total. The molecule has 0 heterocycles. The van der Waals surface area contributed by atoms with Gasteiger partial charge in [-0.2, -0.15) is 0 Å². The van der Waals surface area contributed by atoms with Crippen molar-refractivity contribution in [3.05, 3.63) is 29.8 Å². The van der Waals surface area contributed by atoms with Crippen molar-refractivity contribution in [1.29, 1.82) is 0 Å². The van der Waals surface area contributed by atoms with Gasteiger partial charge in [-0.25, -0.2) is 0 Å². The molecule has 5 nitrogen and oxygen atoms in total. The molecule has 20 heavy (non-hydrogen) atoms. The number of hydrogen-bond acceptors (Lipinski definition) is 3. The highest BCUT2D eigenvalue weighted by Gasteiger charge is 2.51. The van der Waals surface area contributed by atoms with E-state index in [1.165, 1.54) is 0 Å². The van der Waals surface area contributed by atoms with Crippen LogP contribution in [0.5, 0.6) is 0 Å². The fourth-order valence-electron chi connectivity index (χ4n) is 2.15. The lowest BCUT2D eigenvalue weighted by Crippen LogP contribution is -2.39. The molecule has 1 aromatic carbocycles. The highest BCUT2D eigenvalue weighted by Crippen LogP contribution is 2.48. The van der Waals surface area contributed by atoms with Gasteiger partial charge in [-0.15, -0.1) is 0 Å². The topological polar surface area (TPSA) is 92.4 Å². The van der Waals surface area contributed by atoms with Crippen LogP contribution in [0, 0.1) is 5.92 Å². The summed E-state index contributed by atoms with van der Waals surface area (Å²) in [5, 5.41) is 12.0. The Bertz CT molecular complexity index is 518. The van der Waals surface area contributed by atoms with Gasteiger partial charge in [-0.1, -0.05) is 26.0 Å². The van der Waals surface area contributed by atoms with E-state index >= 15 is 0 Å². The van der Waals surface area contributed by atoms with Crippen LogP contribution >= 0.6 is 0 Å². The lowest BCUT2D eigenvalue weighted by Gasteiger charge is -2.16. The quantitative estimate of drug-likeness (QED) is 0.763. The minimum absolute atomic E-state index is 0.0658. The number of carbonyl (C=O) groups is 2. The summed E-state index contributed by atoms with van der Waals surface area (Å²) in [6.45, 7) is 3.77. The van der Waals surface area contributed by atoms with Crippen molar-refractivity contribution < 1.29 is 14.7 Å². The summed E-state index contributed by atoms with van der Waals surface area (Å²) in [6, 6.07) is 6.42. The first-order valence-electron chi connectivity index (χ1n) is 6.77. The predicted octanol–water partition coefficient (Wildman–Crippen LogP) is 1.72. The minimum Gasteiger partial charge on any atom is -0.481 e. The Morgan fingerprint density at radius 1 is 1.25 bits per heavy atom. The van der Waals surface area contributed by atoms with Crippen LogP contribution in [0.2, 0.25) is 0 Å². The third-order valence-electron chi connectivity index (χ3n) is 3.89. The molecule has 0 spiro atoms. The van der Waals surface area contributed by atoms with Gasteiger partial charge in [0.25, 0.3) is 0 Å². The zero-order chi connectivity index (χ0) is 14.9. The Kier molecular flexibility index (Phi) is 3.81. The van der Waals surface area contributed by atoms with Crippen LogP contribution in [0.3, 0.4) is 0 Å². The molecule has 1 amide bonds. The van der Waals surface area contributed by atoms with Crippen molar-refractivity contribution in [3.63, 3.8) is 0 Å². The maximum absolute atomic E-state index is 11.8. The molecule has 1 aliphatic carbocycles. The Labute approximate surface area is 118 Å². The van der Waals surface area contributed by atoms with Gasteiger partial charge in [0, 0.05) is 5.69 Å². The summed E-state index contributed by atoms with van der Waals surface area (Å²) < 4.78 is 0. The number of anilines is 1. The normalized spacial score (nSPS) is 17.6. The largest absolute Gasteiger partial charge is 0.481 e. The summed E-state index contributed by atoms with van der Waals surface area (Å²) in [5.74, 6) is -0.945. The van der Waals surface area contributed by atoms with Crippen molar-refractivity contribution in [2.45, 2.75) is 38.1 Å². The maximum Gasteiger partial charge on any atom is 0.314 e. The highest BCUT2D eigenvalue weighted by molar-refractivity contribution is 5.95. The van der Waals surface area contributed by atoms with Gasteiger partial charge in [0.2, 0.25) is 5.91 Å². The lowest BCUT2D eigenvalue weighted by molar-refractivity contribution is -0.140. The molecule has 5 heteroatoms. The molecule has 0 unspecified atom stereocenters. The molecule has 108 valence electrons. The molecule has 0 bridgehead atoms. The maximum atomic E-state index is 11.8.